The molecule has 0 amide bonds. The van der Waals surface area contributed by atoms with Gasteiger partial charge in [-0.1, -0.05) is 6.58 Å². The van der Waals surface area contributed by atoms with Gasteiger partial charge >= 0.3 is 0 Å². The fraction of sp³-hybridized carbons (Fsp3) is 0.667. The molecule has 1 heterocycles. The Labute approximate surface area is 93.0 Å². The summed E-state index contributed by atoms with van der Waals surface area (Å²) in [5.41, 5.74) is 5.26. The summed E-state index contributed by atoms with van der Waals surface area (Å²) in [6.07, 6.45) is -3.67. The first-order valence-electron chi connectivity index (χ1n) is 4.56. The van der Waals surface area contributed by atoms with Crippen LogP contribution < -0.4 is 5.73 Å². The lowest BCUT2D eigenvalue weighted by Crippen LogP contribution is -2.61. The van der Waals surface area contributed by atoms with Crippen molar-refractivity contribution in [2.45, 2.75) is 30.6 Å². The number of hydrogen-bond donors (Lipinski definition) is 5. The number of nitrogens with two attached hydrogens (primary N) is 1. The Kier molecular flexibility index (Phi) is 6.83. The van der Waals surface area contributed by atoms with Crippen molar-refractivity contribution in [2.75, 3.05) is 6.61 Å². The van der Waals surface area contributed by atoms with Crippen LogP contribution in [0.3, 0.4) is 0 Å². The van der Waals surface area contributed by atoms with E-state index in [0.29, 0.717) is 0 Å². The molecule has 0 radical (unpaired) electrons. The molecule has 1 fully saturated rings. The zero-order valence-electron chi connectivity index (χ0n) is 8.60. The minimum Gasteiger partial charge on any atom is -0.394 e. The van der Waals surface area contributed by atoms with E-state index < -0.39 is 37.3 Å². The minimum absolute atomic E-state index is 0.470. The smallest absolute Gasteiger partial charge is 0.173 e. The van der Waals surface area contributed by atoms with Gasteiger partial charge in [-0.3, -0.25) is 0 Å². The number of rotatable bonds is 1. The molecule has 0 aromatic carbocycles. The van der Waals surface area contributed by atoms with Crippen molar-refractivity contribution < 1.29 is 25.2 Å². The first-order chi connectivity index (χ1) is 7.49. The van der Waals surface area contributed by atoms with Crippen molar-refractivity contribution in [2.24, 2.45) is 5.73 Å². The van der Waals surface area contributed by atoms with Crippen LogP contribution in [0.25, 0.3) is 0 Å². The highest BCUT2D eigenvalue weighted by Crippen LogP contribution is 2.17. The maximum absolute atomic E-state index is 9.20. The highest BCUT2D eigenvalue weighted by Gasteiger charge is 2.41. The van der Waals surface area contributed by atoms with Crippen LogP contribution in [0.15, 0.2) is 12.7 Å². The molecule has 16 heavy (non-hydrogen) atoms. The molecule has 1 aliphatic heterocycles. The summed E-state index contributed by atoms with van der Waals surface area (Å²) < 4.78 is 4.70. The molecule has 0 aliphatic carbocycles. The number of hydrogen-bond acceptors (Lipinski definition) is 7. The lowest BCUT2D eigenvalue weighted by molar-refractivity contribution is -0.248. The fourth-order valence-electron chi connectivity index (χ4n) is 1.12. The molecular weight excluding hydrogens is 216 g/mol. The molecule has 1 rings (SSSR count). The fourth-order valence-corrected chi connectivity index (χ4v) is 1.12. The van der Waals surface area contributed by atoms with Crippen LogP contribution in [-0.2, 0) is 4.74 Å². The van der Waals surface area contributed by atoms with E-state index in [4.69, 9.17) is 25.9 Å². The van der Waals surface area contributed by atoms with Crippen LogP contribution >= 0.6 is 0 Å². The quantitative estimate of drug-likeness (QED) is 0.313. The van der Waals surface area contributed by atoms with Crippen LogP contribution in [-0.4, -0.2) is 57.7 Å². The van der Waals surface area contributed by atoms with E-state index in [9.17, 15) is 10.2 Å². The molecule has 6 N–H and O–H groups in total. The Morgan fingerprint density at radius 2 is 1.88 bits per heavy atom. The number of nitrogens with zero attached hydrogens (tertiary/aromatic N) is 1. The minimum atomic E-state index is -1.35. The van der Waals surface area contributed by atoms with Crippen molar-refractivity contribution in [1.82, 2.24) is 0 Å². The van der Waals surface area contributed by atoms with E-state index in [1.54, 1.807) is 6.07 Å². The van der Waals surface area contributed by atoms with Crippen molar-refractivity contribution in [3.05, 3.63) is 12.7 Å². The average molecular weight is 232 g/mol. The Morgan fingerprint density at radius 1 is 1.38 bits per heavy atom. The number of aliphatic hydroxyl groups is 4. The van der Waals surface area contributed by atoms with Gasteiger partial charge < -0.3 is 30.9 Å². The molecule has 1 aliphatic rings. The highest BCUT2D eigenvalue weighted by atomic mass is 16.6. The zero-order chi connectivity index (χ0) is 12.7. The molecule has 0 bridgehead atoms. The molecule has 0 saturated carbocycles. The first-order valence-corrected chi connectivity index (χ1v) is 4.56. The van der Waals surface area contributed by atoms with Gasteiger partial charge in [0.15, 0.2) is 6.29 Å². The van der Waals surface area contributed by atoms with E-state index in [0.717, 1.165) is 0 Å². The van der Waals surface area contributed by atoms with Gasteiger partial charge in [0, 0.05) is 6.08 Å². The van der Waals surface area contributed by atoms with Crippen molar-refractivity contribution in [3.63, 3.8) is 0 Å². The van der Waals surface area contributed by atoms with Gasteiger partial charge in [-0.15, -0.1) is 0 Å². The van der Waals surface area contributed by atoms with Gasteiger partial charge in [-0.05, 0) is 0 Å². The van der Waals surface area contributed by atoms with Gasteiger partial charge in [-0.2, -0.15) is 5.26 Å². The molecule has 1 saturated heterocycles. The zero-order valence-corrected chi connectivity index (χ0v) is 8.60. The number of nitriles is 1. The lowest BCUT2D eigenvalue weighted by Gasteiger charge is -2.38. The van der Waals surface area contributed by atoms with E-state index in [2.05, 4.69) is 6.58 Å². The molecule has 1 unspecified atom stereocenters. The molecule has 0 aromatic rings. The SMILES string of the molecule is C=CC#N.N[C@H]1C(O)O[C@H](CO)[C@@H](O)[C@@H]1O. The average Bonchev–Trinajstić information content (AvgIpc) is 2.31. The van der Waals surface area contributed by atoms with Crippen LogP contribution in [0, 0.1) is 11.3 Å². The highest BCUT2D eigenvalue weighted by molar-refractivity contribution is 4.93. The topological polar surface area (TPSA) is 140 Å². The Bertz CT molecular complexity index is 250. The third-order valence-corrected chi connectivity index (χ3v) is 2.04. The van der Waals surface area contributed by atoms with Crippen LogP contribution in [0.5, 0.6) is 0 Å². The van der Waals surface area contributed by atoms with Crippen LogP contribution in [0.2, 0.25) is 0 Å². The first kappa shape index (κ1) is 15.0. The van der Waals surface area contributed by atoms with Crippen LogP contribution in [0.4, 0.5) is 0 Å². The summed E-state index contributed by atoms with van der Waals surface area (Å²) in [7, 11) is 0. The molecular formula is C9H16N2O5. The van der Waals surface area contributed by atoms with E-state index in [-0.39, 0.29) is 0 Å². The number of ether oxygens (including phenoxy) is 1. The van der Waals surface area contributed by atoms with Crippen LogP contribution in [0.1, 0.15) is 0 Å². The maximum Gasteiger partial charge on any atom is 0.173 e. The van der Waals surface area contributed by atoms with E-state index in [1.165, 1.54) is 6.08 Å². The summed E-state index contributed by atoms with van der Waals surface area (Å²) in [6, 6.07) is 0.655. The molecule has 7 nitrogen and oxygen atoms in total. The van der Waals surface area contributed by atoms with E-state index >= 15 is 0 Å². The maximum atomic E-state index is 9.20. The Balaban J connectivity index is 0.000000487. The number of allylic oxidation sites excluding steroid dienone is 1. The van der Waals surface area contributed by atoms with Crippen molar-refractivity contribution >= 4 is 0 Å². The Hall–Kier alpha value is -1.01. The summed E-state index contributed by atoms with van der Waals surface area (Å²) >= 11 is 0. The molecule has 92 valence electrons. The van der Waals surface area contributed by atoms with Gasteiger partial charge in [0.1, 0.15) is 18.3 Å². The normalized spacial score (nSPS) is 37.9. The lowest BCUT2D eigenvalue weighted by atomic mass is 9.98. The summed E-state index contributed by atoms with van der Waals surface area (Å²) in [4.78, 5) is 0. The third-order valence-electron chi connectivity index (χ3n) is 2.04. The second kappa shape index (κ2) is 7.29. The van der Waals surface area contributed by atoms with E-state index in [1.807, 2.05) is 0 Å². The summed E-state index contributed by atoms with van der Waals surface area (Å²) in [5, 5.41) is 43.6. The largest absolute Gasteiger partial charge is 0.394 e. The van der Waals surface area contributed by atoms with Crippen molar-refractivity contribution in [1.29, 1.82) is 5.26 Å². The number of aliphatic hydroxyl groups excluding tert-OH is 4. The Morgan fingerprint density at radius 3 is 2.25 bits per heavy atom. The summed E-state index contributed by atoms with van der Waals surface area (Å²) in [5.74, 6) is 0. The summed E-state index contributed by atoms with van der Waals surface area (Å²) in [6.45, 7) is 2.65. The van der Waals surface area contributed by atoms with Gasteiger partial charge in [0.05, 0.1) is 18.7 Å². The van der Waals surface area contributed by atoms with Gasteiger partial charge in [-0.25, -0.2) is 0 Å². The monoisotopic (exact) mass is 232 g/mol. The second-order valence-corrected chi connectivity index (χ2v) is 3.14. The predicted octanol–water partition coefficient (Wildman–Crippen LogP) is -2.56. The molecule has 5 atom stereocenters. The van der Waals surface area contributed by atoms with Gasteiger partial charge in [0.25, 0.3) is 0 Å². The third kappa shape index (κ3) is 3.86. The van der Waals surface area contributed by atoms with Crippen molar-refractivity contribution in [3.8, 4) is 6.07 Å². The second-order valence-electron chi connectivity index (χ2n) is 3.14. The molecule has 7 heteroatoms. The predicted molar refractivity (Wildman–Crippen MR) is 53.8 cm³/mol. The standard InChI is InChI=1S/C6H13NO5.C3H3N/c7-3-5(10)4(9)2(1-8)12-6(3)11;1-2-3-4/h2-6,8-11H,1,7H2;2H,1H2/t2-,3-,4-,5-,6?;/m1./s1. The molecule has 0 spiro atoms. The molecule has 0 aromatic heterocycles. The van der Waals surface area contributed by atoms with Gasteiger partial charge in [0.2, 0.25) is 0 Å².